The Balaban J connectivity index is 2.30. The Bertz CT molecular complexity index is 145. The SMILES string of the molecule is CC(F)(F)C1CCC(CCN)CC1. The Morgan fingerprint density at radius 2 is 1.77 bits per heavy atom. The maximum Gasteiger partial charge on any atom is 0.248 e. The minimum absolute atomic E-state index is 0.387. The van der Waals surface area contributed by atoms with Crippen molar-refractivity contribution in [3.63, 3.8) is 0 Å². The van der Waals surface area contributed by atoms with E-state index in [1.165, 1.54) is 0 Å². The molecule has 0 aromatic carbocycles. The van der Waals surface area contributed by atoms with Gasteiger partial charge >= 0.3 is 0 Å². The molecular weight excluding hydrogens is 172 g/mol. The minimum Gasteiger partial charge on any atom is -0.330 e. The Kier molecular flexibility index (Phi) is 3.65. The third kappa shape index (κ3) is 3.22. The van der Waals surface area contributed by atoms with Gasteiger partial charge in [0.1, 0.15) is 0 Å². The monoisotopic (exact) mass is 191 g/mol. The summed E-state index contributed by atoms with van der Waals surface area (Å²) in [6, 6.07) is 0. The van der Waals surface area contributed by atoms with E-state index in [1.807, 2.05) is 0 Å². The second-order valence-corrected chi connectivity index (χ2v) is 4.25. The average molecular weight is 191 g/mol. The Morgan fingerprint density at radius 1 is 1.23 bits per heavy atom. The van der Waals surface area contributed by atoms with Crippen molar-refractivity contribution >= 4 is 0 Å². The number of hydrogen-bond acceptors (Lipinski definition) is 1. The highest BCUT2D eigenvalue weighted by Crippen LogP contribution is 2.38. The molecule has 0 aliphatic heterocycles. The standard InChI is InChI=1S/C10H19F2N/c1-10(11,12)9-4-2-8(3-5-9)6-7-13/h8-9H,2-7,13H2,1H3. The highest BCUT2D eigenvalue weighted by atomic mass is 19.3. The first-order valence-electron chi connectivity index (χ1n) is 5.12. The lowest BCUT2D eigenvalue weighted by atomic mass is 9.78. The van der Waals surface area contributed by atoms with Crippen LogP contribution in [0.3, 0.4) is 0 Å². The molecular formula is C10H19F2N. The van der Waals surface area contributed by atoms with Crippen LogP contribution in [0.1, 0.15) is 39.0 Å². The van der Waals surface area contributed by atoms with Crippen molar-refractivity contribution in [3.05, 3.63) is 0 Å². The molecule has 0 aromatic heterocycles. The summed E-state index contributed by atoms with van der Waals surface area (Å²) in [6.07, 6.45) is 4.22. The molecule has 0 spiro atoms. The third-order valence-corrected chi connectivity index (χ3v) is 3.14. The number of hydrogen-bond donors (Lipinski definition) is 1. The normalized spacial score (nSPS) is 30.5. The predicted molar refractivity (Wildman–Crippen MR) is 49.7 cm³/mol. The first-order valence-corrected chi connectivity index (χ1v) is 5.12. The van der Waals surface area contributed by atoms with Gasteiger partial charge in [0.2, 0.25) is 5.92 Å². The Labute approximate surface area is 78.7 Å². The molecule has 0 saturated heterocycles. The van der Waals surface area contributed by atoms with E-state index in [0.717, 1.165) is 26.2 Å². The van der Waals surface area contributed by atoms with Gasteiger partial charge in [-0.1, -0.05) is 0 Å². The molecule has 13 heavy (non-hydrogen) atoms. The van der Waals surface area contributed by atoms with Gasteiger partial charge in [0.25, 0.3) is 0 Å². The zero-order valence-electron chi connectivity index (χ0n) is 8.23. The smallest absolute Gasteiger partial charge is 0.248 e. The predicted octanol–water partition coefficient (Wildman–Crippen LogP) is 2.80. The van der Waals surface area contributed by atoms with E-state index in [9.17, 15) is 8.78 Å². The molecule has 1 rings (SSSR count). The average Bonchev–Trinajstić information content (AvgIpc) is 2.04. The second-order valence-electron chi connectivity index (χ2n) is 4.25. The van der Waals surface area contributed by atoms with Crippen molar-refractivity contribution < 1.29 is 8.78 Å². The first-order chi connectivity index (χ1) is 6.04. The molecule has 1 aliphatic rings. The maximum absolute atomic E-state index is 12.9. The Hall–Kier alpha value is -0.180. The fourth-order valence-corrected chi connectivity index (χ4v) is 2.19. The number of halogens is 2. The van der Waals surface area contributed by atoms with E-state index in [1.54, 1.807) is 0 Å². The lowest BCUT2D eigenvalue weighted by Gasteiger charge is -2.31. The largest absolute Gasteiger partial charge is 0.330 e. The lowest BCUT2D eigenvalue weighted by Crippen LogP contribution is -2.29. The van der Waals surface area contributed by atoms with Crippen molar-refractivity contribution in [3.8, 4) is 0 Å². The third-order valence-electron chi connectivity index (χ3n) is 3.14. The van der Waals surface area contributed by atoms with E-state index < -0.39 is 5.92 Å². The molecule has 0 radical (unpaired) electrons. The number of nitrogens with two attached hydrogens (primary N) is 1. The van der Waals surface area contributed by atoms with Crippen LogP contribution in [0.4, 0.5) is 8.78 Å². The van der Waals surface area contributed by atoms with E-state index in [4.69, 9.17) is 5.73 Å². The van der Waals surface area contributed by atoms with Gasteiger partial charge in [0.05, 0.1) is 0 Å². The molecule has 1 aliphatic carbocycles. The number of rotatable bonds is 3. The Morgan fingerprint density at radius 3 is 2.15 bits per heavy atom. The van der Waals surface area contributed by atoms with Gasteiger partial charge in [-0.2, -0.15) is 0 Å². The summed E-state index contributed by atoms with van der Waals surface area (Å²) in [5.41, 5.74) is 5.43. The summed E-state index contributed by atoms with van der Waals surface area (Å²) < 4.78 is 25.8. The van der Waals surface area contributed by atoms with Gasteiger partial charge in [0, 0.05) is 5.92 Å². The van der Waals surface area contributed by atoms with Crippen LogP contribution in [0, 0.1) is 11.8 Å². The van der Waals surface area contributed by atoms with Crippen LogP contribution >= 0.6 is 0 Å². The summed E-state index contributed by atoms with van der Waals surface area (Å²) in [5, 5.41) is 0. The topological polar surface area (TPSA) is 26.0 Å². The van der Waals surface area contributed by atoms with E-state index in [2.05, 4.69) is 0 Å². The highest BCUT2D eigenvalue weighted by molar-refractivity contribution is 4.79. The van der Waals surface area contributed by atoms with Crippen molar-refractivity contribution in [1.82, 2.24) is 0 Å². The van der Waals surface area contributed by atoms with Gasteiger partial charge in [-0.05, 0) is 51.5 Å². The summed E-state index contributed by atoms with van der Waals surface area (Å²) >= 11 is 0. The number of alkyl halides is 2. The molecule has 0 bridgehead atoms. The van der Waals surface area contributed by atoms with Crippen molar-refractivity contribution in [2.45, 2.75) is 45.0 Å². The second kappa shape index (κ2) is 4.36. The molecule has 1 fully saturated rings. The van der Waals surface area contributed by atoms with E-state index in [0.29, 0.717) is 25.3 Å². The van der Waals surface area contributed by atoms with Crippen LogP contribution in [0.15, 0.2) is 0 Å². The van der Waals surface area contributed by atoms with Gasteiger partial charge in [0.15, 0.2) is 0 Å². The fourth-order valence-electron chi connectivity index (χ4n) is 2.19. The summed E-state index contributed by atoms with van der Waals surface area (Å²) in [6.45, 7) is 1.73. The highest BCUT2D eigenvalue weighted by Gasteiger charge is 2.36. The van der Waals surface area contributed by atoms with Crippen LogP contribution < -0.4 is 5.73 Å². The zero-order valence-corrected chi connectivity index (χ0v) is 8.23. The van der Waals surface area contributed by atoms with Crippen molar-refractivity contribution in [2.75, 3.05) is 6.54 Å². The summed E-state index contributed by atoms with van der Waals surface area (Å²) in [7, 11) is 0. The fraction of sp³-hybridized carbons (Fsp3) is 1.00. The van der Waals surface area contributed by atoms with Gasteiger partial charge in [-0.25, -0.2) is 8.78 Å². The van der Waals surface area contributed by atoms with Gasteiger partial charge in [-0.15, -0.1) is 0 Å². The van der Waals surface area contributed by atoms with Gasteiger partial charge < -0.3 is 5.73 Å². The summed E-state index contributed by atoms with van der Waals surface area (Å²) in [4.78, 5) is 0. The molecule has 1 saturated carbocycles. The quantitative estimate of drug-likeness (QED) is 0.729. The molecule has 1 nitrogen and oxygen atoms in total. The van der Waals surface area contributed by atoms with Crippen molar-refractivity contribution in [2.24, 2.45) is 17.6 Å². The van der Waals surface area contributed by atoms with Crippen LogP contribution in [0.5, 0.6) is 0 Å². The molecule has 78 valence electrons. The maximum atomic E-state index is 12.9. The molecule has 3 heteroatoms. The lowest BCUT2D eigenvalue weighted by molar-refractivity contribution is -0.0579. The van der Waals surface area contributed by atoms with Crippen LogP contribution in [-0.2, 0) is 0 Å². The molecule has 0 unspecified atom stereocenters. The zero-order chi connectivity index (χ0) is 9.90. The molecule has 0 amide bonds. The minimum atomic E-state index is -2.48. The van der Waals surface area contributed by atoms with Crippen LogP contribution in [-0.4, -0.2) is 12.5 Å². The molecule has 2 N–H and O–H groups in total. The van der Waals surface area contributed by atoms with Crippen LogP contribution in [0.2, 0.25) is 0 Å². The van der Waals surface area contributed by atoms with Crippen LogP contribution in [0.25, 0.3) is 0 Å². The first kappa shape index (κ1) is 10.9. The molecule has 0 heterocycles. The van der Waals surface area contributed by atoms with Crippen molar-refractivity contribution in [1.29, 1.82) is 0 Å². The van der Waals surface area contributed by atoms with E-state index in [-0.39, 0.29) is 5.92 Å². The summed E-state index contributed by atoms with van der Waals surface area (Å²) in [5.74, 6) is -2.27. The van der Waals surface area contributed by atoms with Gasteiger partial charge in [-0.3, -0.25) is 0 Å². The molecule has 0 aromatic rings. The van der Waals surface area contributed by atoms with E-state index >= 15 is 0 Å². The molecule has 0 atom stereocenters.